The Labute approximate surface area is 152 Å². The largest absolute Gasteiger partial charge is 0.323 e. The predicted molar refractivity (Wildman–Crippen MR) is 103 cm³/mol. The first-order chi connectivity index (χ1) is 12.2. The van der Waals surface area contributed by atoms with Gasteiger partial charge in [-0.05, 0) is 56.2 Å². The van der Waals surface area contributed by atoms with Crippen LogP contribution in [-0.2, 0) is 0 Å². The van der Waals surface area contributed by atoms with E-state index in [4.69, 9.17) is 23.2 Å². The van der Waals surface area contributed by atoms with Crippen molar-refractivity contribution in [3.8, 4) is 0 Å². The molecule has 5 aromatic rings. The topological polar surface area (TPSA) is 50.7 Å². The summed E-state index contributed by atoms with van der Waals surface area (Å²) in [5.74, 6) is 0.319. The van der Waals surface area contributed by atoms with E-state index >= 15 is 0 Å². The third-order valence-electron chi connectivity index (χ3n) is 4.36. The van der Waals surface area contributed by atoms with Crippen LogP contribution in [0, 0.1) is 0 Å². The highest BCUT2D eigenvalue weighted by molar-refractivity contribution is 6.31. The van der Waals surface area contributed by atoms with Crippen LogP contribution in [0.5, 0.6) is 0 Å². The van der Waals surface area contributed by atoms with Gasteiger partial charge in [-0.2, -0.15) is 15.0 Å². The van der Waals surface area contributed by atoms with Crippen LogP contribution in [0.4, 0.5) is 11.6 Å². The second-order valence-corrected chi connectivity index (χ2v) is 6.47. The summed E-state index contributed by atoms with van der Waals surface area (Å²) in [7, 11) is 0. The Kier molecular flexibility index (Phi) is 3.17. The van der Waals surface area contributed by atoms with Crippen molar-refractivity contribution >= 4 is 67.2 Å². The average Bonchev–Trinajstić information content (AvgIpc) is 2.60. The molecule has 0 unspecified atom stereocenters. The van der Waals surface area contributed by atoms with Crippen LogP contribution in [0.2, 0.25) is 10.6 Å². The Bertz CT molecular complexity index is 1220. The lowest BCUT2D eigenvalue weighted by molar-refractivity contribution is 1.05. The molecule has 0 amide bonds. The fourth-order valence-electron chi connectivity index (χ4n) is 3.35. The van der Waals surface area contributed by atoms with Crippen molar-refractivity contribution in [3.63, 3.8) is 0 Å². The smallest absolute Gasteiger partial charge is 0.232 e. The van der Waals surface area contributed by atoms with E-state index in [1.165, 1.54) is 26.9 Å². The fraction of sp³-hybridized carbons (Fsp3) is 0. The third kappa shape index (κ3) is 2.34. The molecule has 4 nitrogen and oxygen atoms in total. The number of hydrogen-bond donors (Lipinski definition) is 1. The Morgan fingerprint density at radius 3 is 1.96 bits per heavy atom. The molecule has 0 aliphatic carbocycles. The van der Waals surface area contributed by atoms with Crippen LogP contribution in [0.3, 0.4) is 0 Å². The number of anilines is 2. The maximum atomic E-state index is 5.87. The van der Waals surface area contributed by atoms with Crippen molar-refractivity contribution in [1.29, 1.82) is 0 Å². The van der Waals surface area contributed by atoms with Gasteiger partial charge in [-0.1, -0.05) is 48.5 Å². The van der Waals surface area contributed by atoms with Crippen LogP contribution in [0.15, 0.2) is 54.6 Å². The molecule has 0 aliphatic rings. The second kappa shape index (κ2) is 5.41. The molecule has 1 aromatic heterocycles. The lowest BCUT2D eigenvalue weighted by Crippen LogP contribution is -2.00. The van der Waals surface area contributed by atoms with E-state index in [1.807, 2.05) is 6.07 Å². The number of halogens is 2. The Morgan fingerprint density at radius 1 is 0.640 bits per heavy atom. The maximum absolute atomic E-state index is 5.87. The van der Waals surface area contributed by atoms with Crippen LogP contribution in [0.25, 0.3) is 32.3 Å². The summed E-state index contributed by atoms with van der Waals surface area (Å²) >= 11 is 11.7. The van der Waals surface area contributed by atoms with Gasteiger partial charge in [0, 0.05) is 11.1 Å². The molecule has 120 valence electrons. The number of aromatic nitrogens is 3. The first-order valence-corrected chi connectivity index (χ1v) is 8.45. The molecule has 5 rings (SSSR count). The number of hydrogen-bond acceptors (Lipinski definition) is 4. The van der Waals surface area contributed by atoms with Gasteiger partial charge in [0.15, 0.2) is 0 Å². The molecule has 0 spiro atoms. The minimum Gasteiger partial charge on any atom is -0.323 e. The first-order valence-electron chi connectivity index (χ1n) is 7.70. The van der Waals surface area contributed by atoms with E-state index < -0.39 is 0 Å². The zero-order chi connectivity index (χ0) is 17.0. The summed E-state index contributed by atoms with van der Waals surface area (Å²) in [4.78, 5) is 11.9. The van der Waals surface area contributed by atoms with Crippen molar-refractivity contribution in [2.24, 2.45) is 0 Å². The van der Waals surface area contributed by atoms with Crippen molar-refractivity contribution in [2.45, 2.75) is 0 Å². The van der Waals surface area contributed by atoms with Crippen molar-refractivity contribution in [3.05, 3.63) is 65.2 Å². The molecule has 0 atom stereocenters. The highest BCUT2D eigenvalue weighted by Crippen LogP contribution is 2.38. The zero-order valence-corrected chi connectivity index (χ0v) is 14.3. The summed E-state index contributed by atoms with van der Waals surface area (Å²) in [5.41, 5.74) is 0.893. The fourth-order valence-corrected chi connectivity index (χ4v) is 3.71. The van der Waals surface area contributed by atoms with E-state index in [9.17, 15) is 0 Å². The summed E-state index contributed by atoms with van der Waals surface area (Å²) in [6.07, 6.45) is 0. The summed E-state index contributed by atoms with van der Waals surface area (Å²) in [5, 5.41) is 10.5. The molecular weight excluding hydrogens is 355 g/mol. The monoisotopic (exact) mass is 364 g/mol. The van der Waals surface area contributed by atoms with Gasteiger partial charge >= 0.3 is 0 Å². The Balaban J connectivity index is 1.78. The molecule has 0 saturated carbocycles. The second-order valence-electron chi connectivity index (χ2n) is 5.79. The number of rotatable bonds is 2. The van der Waals surface area contributed by atoms with Gasteiger partial charge in [-0.3, -0.25) is 0 Å². The summed E-state index contributed by atoms with van der Waals surface area (Å²) in [6.45, 7) is 0. The predicted octanol–water partition coefficient (Wildman–Crippen LogP) is 5.82. The number of nitrogens with zero attached hydrogens (tertiary/aromatic N) is 3. The van der Waals surface area contributed by atoms with Gasteiger partial charge in [0.05, 0.1) is 0 Å². The molecule has 0 fully saturated rings. The standard InChI is InChI=1S/C19H10Cl2N4/c20-17-23-18(21)25-19(24-17)22-14-9-7-12-5-4-10-2-1-3-11-6-8-13(14)16(12)15(10)11/h1-9H,(H,22,23,24,25). The van der Waals surface area contributed by atoms with E-state index in [-0.39, 0.29) is 10.6 Å². The molecule has 0 aliphatic heterocycles. The SMILES string of the molecule is Clc1nc(Cl)nc(Nc2ccc3ccc4cccc5ccc2c3c45)n1. The maximum Gasteiger partial charge on any atom is 0.232 e. The lowest BCUT2D eigenvalue weighted by atomic mass is 9.93. The molecule has 0 bridgehead atoms. The minimum absolute atomic E-state index is 0.0558. The number of nitrogens with one attached hydrogen (secondary N) is 1. The minimum atomic E-state index is 0.0558. The molecule has 6 heteroatoms. The lowest BCUT2D eigenvalue weighted by Gasteiger charge is -2.14. The summed E-state index contributed by atoms with van der Waals surface area (Å²) in [6, 6.07) is 19.0. The molecular formula is C19H10Cl2N4. The molecule has 1 heterocycles. The van der Waals surface area contributed by atoms with Gasteiger partial charge in [0.1, 0.15) is 0 Å². The highest BCUT2D eigenvalue weighted by Gasteiger charge is 2.12. The highest BCUT2D eigenvalue weighted by atomic mass is 35.5. The van der Waals surface area contributed by atoms with Gasteiger partial charge in [-0.15, -0.1) is 0 Å². The van der Waals surface area contributed by atoms with Gasteiger partial charge < -0.3 is 5.32 Å². The van der Waals surface area contributed by atoms with Crippen LogP contribution >= 0.6 is 23.2 Å². The Morgan fingerprint density at radius 2 is 1.24 bits per heavy atom. The van der Waals surface area contributed by atoms with E-state index in [2.05, 4.69) is 68.8 Å². The number of benzene rings is 4. The van der Waals surface area contributed by atoms with Crippen molar-refractivity contribution in [2.75, 3.05) is 5.32 Å². The zero-order valence-electron chi connectivity index (χ0n) is 12.8. The molecule has 25 heavy (non-hydrogen) atoms. The molecule has 0 radical (unpaired) electrons. The first kappa shape index (κ1) is 14.6. The normalized spacial score (nSPS) is 11.6. The van der Waals surface area contributed by atoms with Crippen molar-refractivity contribution in [1.82, 2.24) is 15.0 Å². The van der Waals surface area contributed by atoms with Crippen LogP contribution in [-0.4, -0.2) is 15.0 Å². The van der Waals surface area contributed by atoms with E-state index in [1.54, 1.807) is 0 Å². The summed E-state index contributed by atoms with van der Waals surface area (Å²) < 4.78 is 0. The van der Waals surface area contributed by atoms with Crippen molar-refractivity contribution < 1.29 is 0 Å². The third-order valence-corrected chi connectivity index (χ3v) is 4.69. The molecule has 4 aromatic carbocycles. The quantitative estimate of drug-likeness (QED) is 0.401. The average molecular weight is 365 g/mol. The molecule has 0 saturated heterocycles. The van der Waals surface area contributed by atoms with E-state index in [0.717, 1.165) is 11.1 Å². The molecule has 1 N–H and O–H groups in total. The van der Waals surface area contributed by atoms with Crippen LogP contribution in [0.1, 0.15) is 0 Å². The van der Waals surface area contributed by atoms with Crippen LogP contribution < -0.4 is 5.32 Å². The van der Waals surface area contributed by atoms with Gasteiger partial charge in [0.25, 0.3) is 0 Å². The van der Waals surface area contributed by atoms with Gasteiger partial charge in [-0.25, -0.2) is 0 Å². The van der Waals surface area contributed by atoms with Gasteiger partial charge in [0.2, 0.25) is 16.5 Å². The van der Waals surface area contributed by atoms with E-state index in [0.29, 0.717) is 5.95 Å². The Hall–Kier alpha value is -2.69.